The summed E-state index contributed by atoms with van der Waals surface area (Å²) in [5.74, 6) is 0.199. The van der Waals surface area contributed by atoms with Crippen LogP contribution in [0.5, 0.6) is 0 Å². The van der Waals surface area contributed by atoms with Crippen LogP contribution < -0.4 is 5.43 Å². The number of hydrogen-bond donors (Lipinski definition) is 1. The van der Waals surface area contributed by atoms with E-state index < -0.39 is 5.97 Å². The van der Waals surface area contributed by atoms with Gasteiger partial charge in [-0.1, -0.05) is 12.1 Å². The van der Waals surface area contributed by atoms with Crippen LogP contribution in [-0.4, -0.2) is 34.8 Å². The summed E-state index contributed by atoms with van der Waals surface area (Å²) < 4.78 is 6.74. The fraction of sp³-hybridized carbons (Fsp3) is 0.200. The van der Waals surface area contributed by atoms with Crippen LogP contribution in [0.3, 0.4) is 0 Å². The summed E-state index contributed by atoms with van der Waals surface area (Å²) in [5, 5.41) is 3.97. The Hall–Kier alpha value is -3.48. The monoisotopic (exact) mass is 364 g/mol. The maximum Gasteiger partial charge on any atom is 0.337 e. The number of hydrogen-bond acceptors (Lipinski definition) is 5. The van der Waals surface area contributed by atoms with Crippen LogP contribution in [0.1, 0.15) is 39.0 Å². The van der Waals surface area contributed by atoms with Crippen LogP contribution in [0, 0.1) is 6.92 Å². The molecule has 0 spiro atoms. The number of imidazole rings is 1. The Labute approximate surface area is 156 Å². The van der Waals surface area contributed by atoms with Crippen molar-refractivity contribution in [2.24, 2.45) is 5.10 Å². The number of ether oxygens (including phenoxy) is 1. The SMILES string of the molecule is CCn1c(C)nc2cc(C(=O)N/N=C/c3ccc(C(=O)OC)cc3)ccc21. The van der Waals surface area contributed by atoms with Gasteiger partial charge in [-0.15, -0.1) is 0 Å². The van der Waals surface area contributed by atoms with E-state index in [9.17, 15) is 9.59 Å². The largest absolute Gasteiger partial charge is 0.465 e. The summed E-state index contributed by atoms with van der Waals surface area (Å²) in [6.45, 7) is 4.83. The highest BCUT2D eigenvalue weighted by Gasteiger charge is 2.10. The van der Waals surface area contributed by atoms with Gasteiger partial charge in [-0.05, 0) is 49.7 Å². The second-order valence-electron chi connectivity index (χ2n) is 5.92. The van der Waals surface area contributed by atoms with Crippen molar-refractivity contribution in [1.29, 1.82) is 0 Å². The zero-order valence-electron chi connectivity index (χ0n) is 15.4. The number of carbonyl (C=O) groups excluding carboxylic acids is 2. The van der Waals surface area contributed by atoms with Crippen molar-refractivity contribution in [3.63, 3.8) is 0 Å². The molecule has 2 aromatic carbocycles. The van der Waals surface area contributed by atoms with Gasteiger partial charge < -0.3 is 9.30 Å². The summed E-state index contributed by atoms with van der Waals surface area (Å²) in [6.07, 6.45) is 1.51. The Morgan fingerprint density at radius 2 is 1.89 bits per heavy atom. The second-order valence-corrected chi connectivity index (χ2v) is 5.92. The van der Waals surface area contributed by atoms with E-state index in [1.807, 2.05) is 13.0 Å². The Balaban J connectivity index is 1.69. The number of amides is 1. The quantitative estimate of drug-likeness (QED) is 0.428. The molecule has 0 radical (unpaired) electrons. The first kappa shape index (κ1) is 18.3. The smallest absolute Gasteiger partial charge is 0.337 e. The molecule has 0 unspecified atom stereocenters. The lowest BCUT2D eigenvalue weighted by Gasteiger charge is -2.03. The van der Waals surface area contributed by atoms with Gasteiger partial charge in [0.1, 0.15) is 5.82 Å². The normalized spacial score (nSPS) is 11.1. The lowest BCUT2D eigenvalue weighted by atomic mass is 10.1. The fourth-order valence-corrected chi connectivity index (χ4v) is 2.84. The van der Waals surface area contributed by atoms with E-state index >= 15 is 0 Å². The number of nitrogens with one attached hydrogen (secondary N) is 1. The van der Waals surface area contributed by atoms with Gasteiger partial charge in [-0.25, -0.2) is 15.2 Å². The van der Waals surface area contributed by atoms with Crippen LogP contribution >= 0.6 is 0 Å². The topological polar surface area (TPSA) is 85.6 Å². The van der Waals surface area contributed by atoms with Crippen molar-refractivity contribution >= 4 is 29.1 Å². The Morgan fingerprint density at radius 3 is 2.56 bits per heavy atom. The van der Waals surface area contributed by atoms with Crippen LogP contribution in [0.25, 0.3) is 11.0 Å². The van der Waals surface area contributed by atoms with E-state index in [2.05, 4.69) is 31.7 Å². The van der Waals surface area contributed by atoms with Gasteiger partial charge in [-0.3, -0.25) is 4.79 Å². The maximum atomic E-state index is 12.3. The number of carbonyl (C=O) groups is 2. The van der Waals surface area contributed by atoms with E-state index in [-0.39, 0.29) is 5.91 Å². The zero-order valence-corrected chi connectivity index (χ0v) is 15.4. The number of fused-ring (bicyclic) bond motifs is 1. The highest BCUT2D eigenvalue weighted by molar-refractivity contribution is 5.98. The molecule has 0 fully saturated rings. The molecule has 1 N–H and O–H groups in total. The molecular formula is C20H20N4O3. The summed E-state index contributed by atoms with van der Waals surface area (Å²) in [6, 6.07) is 12.1. The first-order valence-corrected chi connectivity index (χ1v) is 8.52. The summed E-state index contributed by atoms with van der Waals surface area (Å²) >= 11 is 0. The molecule has 0 saturated heterocycles. The lowest BCUT2D eigenvalue weighted by Crippen LogP contribution is -2.17. The molecule has 1 amide bonds. The molecular weight excluding hydrogens is 344 g/mol. The third kappa shape index (κ3) is 3.87. The second kappa shape index (κ2) is 7.82. The van der Waals surface area contributed by atoms with E-state index in [1.54, 1.807) is 36.4 Å². The molecule has 0 aliphatic heterocycles. The van der Waals surface area contributed by atoms with Crippen molar-refractivity contribution in [3.8, 4) is 0 Å². The van der Waals surface area contributed by atoms with Gasteiger partial charge in [0.15, 0.2) is 0 Å². The number of nitrogens with zero attached hydrogens (tertiary/aromatic N) is 3. The van der Waals surface area contributed by atoms with Crippen LogP contribution in [0.15, 0.2) is 47.6 Å². The van der Waals surface area contributed by atoms with Gasteiger partial charge in [-0.2, -0.15) is 5.10 Å². The van der Waals surface area contributed by atoms with Crippen LogP contribution in [0.4, 0.5) is 0 Å². The van der Waals surface area contributed by atoms with Gasteiger partial charge in [0.2, 0.25) is 0 Å². The number of aromatic nitrogens is 2. The minimum Gasteiger partial charge on any atom is -0.465 e. The summed E-state index contributed by atoms with van der Waals surface area (Å²) in [5.41, 5.74) is 5.97. The van der Waals surface area contributed by atoms with Crippen molar-refractivity contribution in [1.82, 2.24) is 15.0 Å². The van der Waals surface area contributed by atoms with Crippen molar-refractivity contribution < 1.29 is 14.3 Å². The van der Waals surface area contributed by atoms with Gasteiger partial charge >= 0.3 is 5.97 Å². The van der Waals surface area contributed by atoms with Crippen molar-refractivity contribution in [2.75, 3.05) is 7.11 Å². The first-order chi connectivity index (χ1) is 13.0. The maximum absolute atomic E-state index is 12.3. The highest BCUT2D eigenvalue weighted by Crippen LogP contribution is 2.17. The third-order valence-corrected chi connectivity index (χ3v) is 4.23. The van der Waals surface area contributed by atoms with Gasteiger partial charge in [0.05, 0.1) is 29.9 Å². The minimum absolute atomic E-state index is 0.317. The highest BCUT2D eigenvalue weighted by atomic mass is 16.5. The minimum atomic E-state index is -0.400. The number of benzene rings is 2. The Morgan fingerprint density at radius 1 is 1.19 bits per heavy atom. The molecule has 0 atom stereocenters. The average molecular weight is 364 g/mol. The molecule has 138 valence electrons. The molecule has 0 saturated carbocycles. The van der Waals surface area contributed by atoms with Crippen molar-refractivity contribution in [2.45, 2.75) is 20.4 Å². The molecule has 3 rings (SSSR count). The van der Waals surface area contributed by atoms with Gasteiger partial charge in [0, 0.05) is 12.1 Å². The van der Waals surface area contributed by atoms with E-state index in [4.69, 9.17) is 0 Å². The standard InChI is InChI=1S/C20H20N4O3/c1-4-24-13(2)22-17-11-16(9-10-18(17)24)19(25)23-21-12-14-5-7-15(8-6-14)20(26)27-3/h5-12H,4H2,1-3H3,(H,23,25)/b21-12+. The Bertz CT molecular complexity index is 1020. The predicted octanol–water partition coefficient (Wildman–Crippen LogP) is 2.92. The number of rotatable bonds is 5. The molecule has 1 heterocycles. The molecule has 27 heavy (non-hydrogen) atoms. The number of methoxy groups -OCH3 is 1. The van der Waals surface area contributed by atoms with Gasteiger partial charge in [0.25, 0.3) is 5.91 Å². The number of esters is 1. The van der Waals surface area contributed by atoms with E-state index in [1.165, 1.54) is 13.3 Å². The molecule has 0 aliphatic rings. The van der Waals surface area contributed by atoms with Crippen molar-refractivity contribution in [3.05, 3.63) is 65.0 Å². The molecule has 1 aromatic heterocycles. The number of hydrazone groups is 1. The molecule has 7 heteroatoms. The lowest BCUT2D eigenvalue weighted by molar-refractivity contribution is 0.0600. The molecule has 0 bridgehead atoms. The Kier molecular flexibility index (Phi) is 5.30. The van der Waals surface area contributed by atoms with Crippen LogP contribution in [-0.2, 0) is 11.3 Å². The fourth-order valence-electron chi connectivity index (χ4n) is 2.84. The van der Waals surface area contributed by atoms with E-state index in [0.29, 0.717) is 11.1 Å². The van der Waals surface area contributed by atoms with E-state index in [0.717, 1.165) is 29.0 Å². The zero-order chi connectivity index (χ0) is 19.4. The third-order valence-electron chi connectivity index (χ3n) is 4.23. The molecule has 3 aromatic rings. The molecule has 0 aliphatic carbocycles. The number of aryl methyl sites for hydroxylation is 2. The molecule has 7 nitrogen and oxygen atoms in total. The summed E-state index contributed by atoms with van der Waals surface area (Å²) in [7, 11) is 1.33. The average Bonchev–Trinajstić information content (AvgIpc) is 3.01. The predicted molar refractivity (Wildman–Crippen MR) is 103 cm³/mol. The van der Waals surface area contributed by atoms with Crippen LogP contribution in [0.2, 0.25) is 0 Å². The first-order valence-electron chi connectivity index (χ1n) is 8.52. The summed E-state index contributed by atoms with van der Waals surface area (Å²) in [4.78, 5) is 28.2.